The van der Waals surface area contributed by atoms with Gasteiger partial charge in [0, 0.05) is 12.0 Å². The molecule has 0 fully saturated rings. The second kappa shape index (κ2) is 2.99. The topological polar surface area (TPSA) is 46.2 Å². The SMILES string of the molecule is CC(N)C1C=CC(O)C=C1. The Kier molecular flexibility index (Phi) is 2.25. The fourth-order valence-electron chi connectivity index (χ4n) is 0.963. The zero-order chi connectivity index (χ0) is 7.56. The van der Waals surface area contributed by atoms with Gasteiger partial charge in [-0.3, -0.25) is 0 Å². The third-order valence-electron chi connectivity index (χ3n) is 1.67. The van der Waals surface area contributed by atoms with Crippen LogP contribution in [0.4, 0.5) is 0 Å². The van der Waals surface area contributed by atoms with Crippen LogP contribution in [-0.2, 0) is 0 Å². The molecule has 2 nitrogen and oxygen atoms in total. The molecule has 0 heterocycles. The Hall–Kier alpha value is -0.600. The second-order valence-electron chi connectivity index (χ2n) is 2.70. The van der Waals surface area contributed by atoms with Crippen molar-refractivity contribution in [3.05, 3.63) is 24.3 Å². The second-order valence-corrected chi connectivity index (χ2v) is 2.70. The van der Waals surface area contributed by atoms with Crippen LogP contribution in [0.3, 0.4) is 0 Å². The summed E-state index contributed by atoms with van der Waals surface area (Å²) in [6.07, 6.45) is 6.99. The van der Waals surface area contributed by atoms with Gasteiger partial charge in [-0.15, -0.1) is 0 Å². The normalized spacial score (nSPS) is 34.3. The predicted molar refractivity (Wildman–Crippen MR) is 41.4 cm³/mol. The van der Waals surface area contributed by atoms with Gasteiger partial charge in [0.25, 0.3) is 0 Å². The molecule has 0 saturated carbocycles. The summed E-state index contributed by atoms with van der Waals surface area (Å²) in [5, 5.41) is 8.99. The Labute approximate surface area is 61.0 Å². The minimum Gasteiger partial charge on any atom is -0.385 e. The Morgan fingerprint density at radius 2 is 1.80 bits per heavy atom. The molecule has 0 amide bonds. The number of nitrogens with two attached hydrogens (primary N) is 1. The minimum atomic E-state index is -0.407. The highest BCUT2D eigenvalue weighted by Gasteiger charge is 2.10. The lowest BCUT2D eigenvalue weighted by Crippen LogP contribution is -2.25. The monoisotopic (exact) mass is 139 g/mol. The first-order chi connectivity index (χ1) is 4.70. The van der Waals surface area contributed by atoms with Crippen molar-refractivity contribution in [2.45, 2.75) is 19.1 Å². The predicted octanol–water partition coefficient (Wildman–Crippen LogP) is 0.437. The van der Waals surface area contributed by atoms with Gasteiger partial charge in [0.05, 0.1) is 6.10 Å². The molecule has 3 N–H and O–H groups in total. The van der Waals surface area contributed by atoms with Crippen LogP contribution in [0.15, 0.2) is 24.3 Å². The molecule has 0 saturated heterocycles. The van der Waals surface area contributed by atoms with Crippen molar-refractivity contribution < 1.29 is 5.11 Å². The van der Waals surface area contributed by atoms with Crippen molar-refractivity contribution in [1.82, 2.24) is 0 Å². The number of hydrogen-bond acceptors (Lipinski definition) is 2. The van der Waals surface area contributed by atoms with Crippen molar-refractivity contribution >= 4 is 0 Å². The highest BCUT2D eigenvalue weighted by molar-refractivity contribution is 5.15. The molecular formula is C8H13NO. The van der Waals surface area contributed by atoms with Gasteiger partial charge in [-0.05, 0) is 6.92 Å². The van der Waals surface area contributed by atoms with E-state index < -0.39 is 6.10 Å². The van der Waals surface area contributed by atoms with Crippen LogP contribution in [-0.4, -0.2) is 17.3 Å². The number of rotatable bonds is 1. The largest absolute Gasteiger partial charge is 0.385 e. The third-order valence-corrected chi connectivity index (χ3v) is 1.67. The number of hydrogen-bond donors (Lipinski definition) is 2. The maximum atomic E-state index is 8.99. The van der Waals surface area contributed by atoms with Gasteiger partial charge >= 0.3 is 0 Å². The van der Waals surface area contributed by atoms with E-state index in [-0.39, 0.29) is 6.04 Å². The zero-order valence-corrected chi connectivity index (χ0v) is 6.07. The van der Waals surface area contributed by atoms with E-state index in [1.165, 1.54) is 0 Å². The van der Waals surface area contributed by atoms with Crippen LogP contribution >= 0.6 is 0 Å². The molecule has 1 aliphatic rings. The summed E-state index contributed by atoms with van der Waals surface area (Å²) in [6, 6.07) is 0.139. The highest BCUT2D eigenvalue weighted by atomic mass is 16.3. The molecule has 0 spiro atoms. The van der Waals surface area contributed by atoms with Gasteiger partial charge in [-0.1, -0.05) is 24.3 Å². The molecule has 1 rings (SSSR count). The Bertz CT molecular complexity index is 147. The van der Waals surface area contributed by atoms with Gasteiger partial charge in [-0.25, -0.2) is 0 Å². The molecule has 56 valence electrons. The molecule has 0 aromatic rings. The van der Waals surface area contributed by atoms with E-state index in [4.69, 9.17) is 10.8 Å². The van der Waals surface area contributed by atoms with E-state index in [0.29, 0.717) is 5.92 Å². The first-order valence-corrected chi connectivity index (χ1v) is 3.50. The Morgan fingerprint density at radius 1 is 1.30 bits per heavy atom. The lowest BCUT2D eigenvalue weighted by atomic mass is 9.96. The smallest absolute Gasteiger partial charge is 0.0903 e. The summed E-state index contributed by atoms with van der Waals surface area (Å²) in [6.45, 7) is 1.96. The molecule has 0 aromatic heterocycles. The lowest BCUT2D eigenvalue weighted by Gasteiger charge is -2.16. The van der Waals surface area contributed by atoms with Crippen molar-refractivity contribution in [2.75, 3.05) is 0 Å². The number of aliphatic hydroxyl groups excluding tert-OH is 1. The van der Waals surface area contributed by atoms with E-state index in [0.717, 1.165) is 0 Å². The fourth-order valence-corrected chi connectivity index (χ4v) is 0.963. The summed E-state index contributed by atoms with van der Waals surface area (Å²) in [4.78, 5) is 0. The van der Waals surface area contributed by atoms with E-state index in [9.17, 15) is 0 Å². The van der Waals surface area contributed by atoms with E-state index >= 15 is 0 Å². The molecule has 10 heavy (non-hydrogen) atoms. The van der Waals surface area contributed by atoms with Crippen molar-refractivity contribution in [3.63, 3.8) is 0 Å². The molecule has 0 aromatic carbocycles. The van der Waals surface area contributed by atoms with Gasteiger partial charge in [0.2, 0.25) is 0 Å². The number of aliphatic hydroxyl groups is 1. The highest BCUT2D eigenvalue weighted by Crippen LogP contribution is 2.11. The maximum Gasteiger partial charge on any atom is 0.0903 e. The molecule has 0 bridgehead atoms. The Balaban J connectivity index is 2.54. The van der Waals surface area contributed by atoms with Gasteiger partial charge in [-0.2, -0.15) is 0 Å². The summed E-state index contributed by atoms with van der Waals surface area (Å²) in [5.41, 5.74) is 5.63. The molecule has 0 aliphatic heterocycles. The maximum absolute atomic E-state index is 8.99. The van der Waals surface area contributed by atoms with E-state index in [2.05, 4.69) is 0 Å². The third kappa shape index (κ3) is 1.69. The first-order valence-electron chi connectivity index (χ1n) is 3.50. The fraction of sp³-hybridized carbons (Fsp3) is 0.500. The summed E-state index contributed by atoms with van der Waals surface area (Å²) in [5.74, 6) is 0.295. The van der Waals surface area contributed by atoms with Crippen LogP contribution in [0.5, 0.6) is 0 Å². The quantitative estimate of drug-likeness (QED) is 0.518. The summed E-state index contributed by atoms with van der Waals surface area (Å²) < 4.78 is 0. The summed E-state index contributed by atoms with van der Waals surface area (Å²) in [7, 11) is 0. The van der Waals surface area contributed by atoms with Crippen molar-refractivity contribution in [2.24, 2.45) is 11.7 Å². The van der Waals surface area contributed by atoms with E-state index in [1.54, 1.807) is 12.2 Å². The molecular weight excluding hydrogens is 126 g/mol. The molecule has 1 atom stereocenters. The zero-order valence-electron chi connectivity index (χ0n) is 6.07. The van der Waals surface area contributed by atoms with E-state index in [1.807, 2.05) is 19.1 Å². The standard InChI is InChI=1S/C8H13NO/c1-6(9)7-2-4-8(10)5-3-7/h2-8,10H,9H2,1H3. The van der Waals surface area contributed by atoms with Crippen molar-refractivity contribution in [1.29, 1.82) is 0 Å². The molecule has 1 unspecified atom stereocenters. The van der Waals surface area contributed by atoms with Crippen LogP contribution in [0.1, 0.15) is 6.92 Å². The molecule has 2 heteroatoms. The lowest BCUT2D eigenvalue weighted by molar-refractivity contribution is 0.267. The van der Waals surface area contributed by atoms with Crippen LogP contribution in [0, 0.1) is 5.92 Å². The van der Waals surface area contributed by atoms with Gasteiger partial charge < -0.3 is 10.8 Å². The van der Waals surface area contributed by atoms with Crippen LogP contribution in [0.25, 0.3) is 0 Å². The first kappa shape index (κ1) is 7.51. The minimum absolute atomic E-state index is 0.139. The Morgan fingerprint density at radius 3 is 2.20 bits per heavy atom. The van der Waals surface area contributed by atoms with Gasteiger partial charge in [0.1, 0.15) is 0 Å². The van der Waals surface area contributed by atoms with Crippen LogP contribution < -0.4 is 5.73 Å². The average molecular weight is 139 g/mol. The summed E-state index contributed by atoms with van der Waals surface area (Å²) >= 11 is 0. The molecule has 0 radical (unpaired) electrons. The van der Waals surface area contributed by atoms with Crippen LogP contribution in [0.2, 0.25) is 0 Å². The average Bonchev–Trinajstić information content (AvgIpc) is 1.88. The van der Waals surface area contributed by atoms with Gasteiger partial charge in [0.15, 0.2) is 0 Å². The molecule has 1 aliphatic carbocycles. The van der Waals surface area contributed by atoms with Crippen molar-refractivity contribution in [3.8, 4) is 0 Å².